The summed E-state index contributed by atoms with van der Waals surface area (Å²) in [6.45, 7) is 18.6. The summed E-state index contributed by atoms with van der Waals surface area (Å²) in [4.78, 5) is 11.9. The van der Waals surface area contributed by atoms with Crippen LogP contribution in [0.3, 0.4) is 0 Å². The zero-order valence-electron chi connectivity index (χ0n) is 23.0. The number of hydrogen-bond donors (Lipinski definition) is 1. The van der Waals surface area contributed by atoms with Gasteiger partial charge in [-0.1, -0.05) is 54.5 Å². The van der Waals surface area contributed by atoms with Gasteiger partial charge in [-0.2, -0.15) is 0 Å². The highest BCUT2D eigenvalue weighted by Crippen LogP contribution is 2.74. The highest BCUT2D eigenvalue weighted by Gasteiger charge is 2.67. The standard InChI is InChI=1S/C31H48O3/c1-18(2)20-9-10-21-23(33)17-31(8)22(27(20)21)11-12-25-29(6)15-14-26(34-19(3)32)28(4,5)24(29)13-16-30(25,31)7/h11,18,20,23-26,33H,9-10,12-17H2,1-8H3/t20-,23+,24-,25-,26-,29-,30+,31+/m0/s1. The van der Waals surface area contributed by atoms with Crippen LogP contribution in [0.15, 0.2) is 22.8 Å². The molecule has 34 heavy (non-hydrogen) atoms. The molecular formula is C31H48O3. The fourth-order valence-electron chi connectivity index (χ4n) is 10.4. The molecule has 0 saturated heterocycles. The molecule has 0 spiro atoms. The van der Waals surface area contributed by atoms with Crippen molar-refractivity contribution in [1.29, 1.82) is 0 Å². The number of carbonyl (C=O) groups is 1. The van der Waals surface area contributed by atoms with Crippen LogP contribution in [0, 0.1) is 45.3 Å². The predicted molar refractivity (Wildman–Crippen MR) is 137 cm³/mol. The number of hydrogen-bond acceptors (Lipinski definition) is 3. The molecule has 0 bridgehead atoms. The van der Waals surface area contributed by atoms with Gasteiger partial charge >= 0.3 is 5.97 Å². The van der Waals surface area contributed by atoms with E-state index in [4.69, 9.17) is 4.74 Å². The zero-order chi connectivity index (χ0) is 24.8. The molecule has 0 unspecified atom stereocenters. The van der Waals surface area contributed by atoms with Crippen LogP contribution in [0.4, 0.5) is 0 Å². The molecule has 0 aromatic carbocycles. The van der Waals surface area contributed by atoms with Crippen molar-refractivity contribution in [2.45, 2.75) is 119 Å². The molecule has 2 saturated carbocycles. The van der Waals surface area contributed by atoms with Gasteiger partial charge in [-0.05, 0) is 103 Å². The van der Waals surface area contributed by atoms with Crippen molar-refractivity contribution in [2.24, 2.45) is 45.3 Å². The lowest BCUT2D eigenvalue weighted by atomic mass is 9.35. The summed E-state index contributed by atoms with van der Waals surface area (Å²) in [6.07, 6.45) is 11.2. The van der Waals surface area contributed by atoms with Crippen molar-refractivity contribution < 1.29 is 14.6 Å². The Kier molecular flexibility index (Phi) is 5.57. The maximum atomic E-state index is 11.9. The smallest absolute Gasteiger partial charge is 0.302 e. The molecule has 5 rings (SSSR count). The van der Waals surface area contributed by atoms with E-state index in [0.717, 1.165) is 32.1 Å². The Hall–Kier alpha value is -1.09. The van der Waals surface area contributed by atoms with E-state index in [9.17, 15) is 9.90 Å². The van der Waals surface area contributed by atoms with Crippen LogP contribution in [0.2, 0.25) is 0 Å². The van der Waals surface area contributed by atoms with Crippen LogP contribution < -0.4 is 0 Å². The number of aliphatic hydroxyl groups is 1. The molecule has 0 aromatic heterocycles. The summed E-state index contributed by atoms with van der Waals surface area (Å²) in [5.74, 6) is 2.22. The summed E-state index contributed by atoms with van der Waals surface area (Å²) < 4.78 is 5.87. The molecule has 5 aliphatic carbocycles. The van der Waals surface area contributed by atoms with Crippen LogP contribution in [-0.2, 0) is 9.53 Å². The highest BCUT2D eigenvalue weighted by atomic mass is 16.5. The Morgan fingerprint density at radius 1 is 1.06 bits per heavy atom. The molecule has 8 atom stereocenters. The number of esters is 1. The largest absolute Gasteiger partial charge is 0.462 e. The van der Waals surface area contributed by atoms with Crippen LogP contribution in [0.1, 0.15) is 107 Å². The van der Waals surface area contributed by atoms with E-state index < -0.39 is 0 Å². The molecular weight excluding hydrogens is 420 g/mol. The molecule has 2 fully saturated rings. The third-order valence-electron chi connectivity index (χ3n) is 12.2. The van der Waals surface area contributed by atoms with E-state index in [2.05, 4.69) is 54.5 Å². The highest BCUT2D eigenvalue weighted by molar-refractivity contribution is 5.66. The minimum absolute atomic E-state index is 0.0130. The second kappa shape index (κ2) is 7.70. The third kappa shape index (κ3) is 3.07. The van der Waals surface area contributed by atoms with Gasteiger partial charge in [-0.15, -0.1) is 0 Å². The van der Waals surface area contributed by atoms with Crippen molar-refractivity contribution in [3.8, 4) is 0 Å². The lowest BCUT2D eigenvalue weighted by molar-refractivity contribution is -0.207. The number of rotatable bonds is 2. The van der Waals surface area contributed by atoms with Gasteiger partial charge in [0.15, 0.2) is 0 Å². The van der Waals surface area contributed by atoms with E-state index >= 15 is 0 Å². The first kappa shape index (κ1) is 24.6. The summed E-state index contributed by atoms with van der Waals surface area (Å²) in [6, 6.07) is 0. The van der Waals surface area contributed by atoms with Crippen LogP contribution in [-0.4, -0.2) is 23.3 Å². The van der Waals surface area contributed by atoms with Crippen molar-refractivity contribution in [3.05, 3.63) is 22.8 Å². The third-order valence-corrected chi connectivity index (χ3v) is 12.2. The predicted octanol–water partition coefficient (Wildman–Crippen LogP) is 7.24. The lowest BCUT2D eigenvalue weighted by Gasteiger charge is -2.69. The van der Waals surface area contributed by atoms with E-state index in [0.29, 0.717) is 23.7 Å². The molecule has 1 N–H and O–H groups in total. The SMILES string of the molecule is CC(=O)O[C@H]1CC[C@@]2(C)[C@@H](CC[C@]3(C)[C@H]2CC=C2C4=C(CC[C@H]4C(C)C)[C@H](O)C[C@]23C)C1(C)C. The van der Waals surface area contributed by atoms with Crippen molar-refractivity contribution in [2.75, 3.05) is 0 Å². The van der Waals surface area contributed by atoms with Crippen molar-refractivity contribution >= 4 is 5.97 Å². The fourth-order valence-corrected chi connectivity index (χ4v) is 10.4. The molecule has 3 heteroatoms. The Balaban J connectivity index is 1.56. The molecule has 0 heterocycles. The van der Waals surface area contributed by atoms with Gasteiger partial charge < -0.3 is 9.84 Å². The monoisotopic (exact) mass is 468 g/mol. The normalized spacial score (nSPS) is 47.4. The summed E-state index contributed by atoms with van der Waals surface area (Å²) >= 11 is 0. The first-order valence-corrected chi connectivity index (χ1v) is 14.1. The van der Waals surface area contributed by atoms with Crippen molar-refractivity contribution in [1.82, 2.24) is 0 Å². The summed E-state index contributed by atoms with van der Waals surface area (Å²) in [7, 11) is 0. The molecule has 3 nitrogen and oxygen atoms in total. The Bertz CT molecular complexity index is 940. The van der Waals surface area contributed by atoms with Gasteiger partial charge in [0.1, 0.15) is 6.10 Å². The van der Waals surface area contributed by atoms with Crippen LogP contribution in [0.5, 0.6) is 0 Å². The fraction of sp³-hybridized carbons (Fsp3) is 0.839. The lowest BCUT2D eigenvalue weighted by Crippen LogP contribution is -2.63. The maximum Gasteiger partial charge on any atom is 0.302 e. The first-order valence-electron chi connectivity index (χ1n) is 14.1. The number of fused-ring (bicyclic) bond motifs is 6. The summed E-state index contributed by atoms with van der Waals surface area (Å²) in [5, 5.41) is 11.5. The van der Waals surface area contributed by atoms with E-state index in [1.54, 1.807) is 18.1 Å². The number of carbonyl (C=O) groups excluding carboxylic acids is 1. The van der Waals surface area contributed by atoms with Crippen LogP contribution >= 0.6 is 0 Å². The van der Waals surface area contributed by atoms with Gasteiger partial charge in [-0.3, -0.25) is 4.79 Å². The summed E-state index contributed by atoms with van der Waals surface area (Å²) in [5.41, 5.74) is 4.95. The Labute approximate surface area is 207 Å². The Morgan fingerprint density at radius 2 is 1.76 bits per heavy atom. The minimum Gasteiger partial charge on any atom is -0.462 e. The second-order valence-electron chi connectivity index (χ2n) is 14.3. The molecule has 5 aliphatic rings. The van der Waals surface area contributed by atoms with Crippen LogP contribution in [0.25, 0.3) is 0 Å². The molecule has 0 radical (unpaired) electrons. The average molecular weight is 469 g/mol. The van der Waals surface area contributed by atoms with Gasteiger partial charge in [-0.25, -0.2) is 0 Å². The number of ether oxygens (including phenoxy) is 1. The molecule has 0 aliphatic heterocycles. The van der Waals surface area contributed by atoms with Crippen molar-refractivity contribution in [3.63, 3.8) is 0 Å². The maximum absolute atomic E-state index is 11.9. The van der Waals surface area contributed by atoms with Gasteiger partial charge in [0, 0.05) is 17.8 Å². The minimum atomic E-state index is -0.279. The Morgan fingerprint density at radius 3 is 2.41 bits per heavy atom. The molecule has 0 amide bonds. The second-order valence-corrected chi connectivity index (χ2v) is 14.3. The van der Waals surface area contributed by atoms with Gasteiger partial charge in [0.05, 0.1) is 6.10 Å². The van der Waals surface area contributed by atoms with E-state index in [1.165, 1.54) is 24.8 Å². The van der Waals surface area contributed by atoms with Gasteiger partial charge in [0.25, 0.3) is 0 Å². The molecule has 0 aromatic rings. The topological polar surface area (TPSA) is 46.5 Å². The quantitative estimate of drug-likeness (QED) is 0.434. The number of aliphatic hydroxyl groups excluding tert-OH is 1. The zero-order valence-corrected chi connectivity index (χ0v) is 23.0. The van der Waals surface area contributed by atoms with E-state index in [-0.39, 0.29) is 39.8 Å². The number of allylic oxidation sites excluding steroid dienone is 3. The first-order chi connectivity index (χ1) is 15.8. The van der Waals surface area contributed by atoms with Gasteiger partial charge in [0.2, 0.25) is 0 Å². The van der Waals surface area contributed by atoms with E-state index in [1.807, 2.05) is 0 Å². The average Bonchev–Trinajstić information content (AvgIpc) is 3.17. The molecule has 190 valence electrons.